The molecule has 1 atom stereocenters. The lowest BCUT2D eigenvalue weighted by Crippen LogP contribution is -2.30. The van der Waals surface area contributed by atoms with Crippen LogP contribution < -0.4 is 4.74 Å². The first kappa shape index (κ1) is 11.3. The van der Waals surface area contributed by atoms with E-state index < -0.39 is 5.82 Å². The smallest absolute Gasteiger partial charge is 0.251 e. The largest absolute Gasteiger partial charge is 0.475 e. The summed E-state index contributed by atoms with van der Waals surface area (Å²) in [6.45, 7) is 2.17. The lowest BCUT2D eigenvalue weighted by Gasteiger charge is -2.22. The van der Waals surface area contributed by atoms with Crippen LogP contribution in [-0.2, 0) is 9.47 Å². The second-order valence-corrected chi connectivity index (χ2v) is 3.41. The van der Waals surface area contributed by atoms with Crippen molar-refractivity contribution in [1.82, 2.24) is 4.98 Å². The van der Waals surface area contributed by atoms with Crippen LogP contribution in [0, 0.1) is 11.9 Å². The van der Waals surface area contributed by atoms with Gasteiger partial charge in [0.1, 0.15) is 0 Å². The third-order valence-electron chi connectivity index (χ3n) is 2.23. The lowest BCUT2D eigenvalue weighted by atomic mass is 10.2. The van der Waals surface area contributed by atoms with Gasteiger partial charge in [0, 0.05) is 18.7 Å². The first-order valence-corrected chi connectivity index (χ1v) is 5.20. The number of hydrogen-bond donors (Lipinski definition) is 0. The van der Waals surface area contributed by atoms with Gasteiger partial charge in [-0.1, -0.05) is 0 Å². The molecule has 0 amide bonds. The third-order valence-corrected chi connectivity index (χ3v) is 2.23. The van der Waals surface area contributed by atoms with Crippen molar-refractivity contribution in [3.8, 4) is 5.88 Å². The van der Waals surface area contributed by atoms with Gasteiger partial charge in [-0.15, -0.1) is 0 Å². The minimum absolute atomic E-state index is 0.0146. The third kappa shape index (κ3) is 3.15. The van der Waals surface area contributed by atoms with E-state index in [0.29, 0.717) is 32.8 Å². The highest BCUT2D eigenvalue weighted by Gasteiger charge is 2.14. The number of aromatic nitrogens is 1. The Morgan fingerprint density at radius 1 is 1.56 bits per heavy atom. The van der Waals surface area contributed by atoms with Crippen molar-refractivity contribution in [1.29, 1.82) is 0 Å². The van der Waals surface area contributed by atoms with E-state index in [9.17, 15) is 4.39 Å². The van der Waals surface area contributed by atoms with E-state index in [1.54, 1.807) is 0 Å². The zero-order chi connectivity index (χ0) is 11.2. The van der Waals surface area contributed by atoms with E-state index in [-0.39, 0.29) is 12.0 Å². The number of rotatable bonds is 4. The topological polar surface area (TPSA) is 40.6 Å². The van der Waals surface area contributed by atoms with Crippen molar-refractivity contribution in [3.05, 3.63) is 24.1 Å². The van der Waals surface area contributed by atoms with E-state index in [1.807, 2.05) is 0 Å². The lowest BCUT2D eigenvalue weighted by molar-refractivity contribution is -0.0937. The molecule has 0 N–H and O–H groups in total. The Hall–Kier alpha value is -1.20. The van der Waals surface area contributed by atoms with Crippen LogP contribution in [0.2, 0.25) is 0 Å². The van der Waals surface area contributed by atoms with Gasteiger partial charge >= 0.3 is 0 Å². The second-order valence-electron chi connectivity index (χ2n) is 3.41. The quantitative estimate of drug-likeness (QED) is 0.773. The predicted octanol–water partition coefficient (Wildman–Crippen LogP) is 1.21. The summed E-state index contributed by atoms with van der Waals surface area (Å²) in [5.41, 5.74) is 0. The van der Waals surface area contributed by atoms with Crippen molar-refractivity contribution in [3.63, 3.8) is 0 Å². The molecule has 0 bridgehead atoms. The van der Waals surface area contributed by atoms with Crippen LogP contribution in [0.5, 0.6) is 5.88 Å². The molecule has 0 aromatic carbocycles. The number of nitrogens with zero attached hydrogens (tertiary/aromatic N) is 1. The zero-order valence-corrected chi connectivity index (χ0v) is 8.82. The monoisotopic (exact) mass is 226 g/mol. The molecule has 87 valence electrons. The minimum Gasteiger partial charge on any atom is -0.475 e. The summed E-state index contributed by atoms with van der Waals surface area (Å²) in [6.07, 6.45) is 2.14. The normalized spacial score (nSPS) is 20.7. The molecule has 1 radical (unpaired) electrons. The molecule has 16 heavy (non-hydrogen) atoms. The average molecular weight is 226 g/mol. The Bertz CT molecular complexity index is 329. The molecule has 0 spiro atoms. The van der Waals surface area contributed by atoms with Crippen molar-refractivity contribution in [2.75, 3.05) is 26.4 Å². The van der Waals surface area contributed by atoms with Gasteiger partial charge in [0.25, 0.3) is 5.88 Å². The van der Waals surface area contributed by atoms with E-state index in [4.69, 9.17) is 14.2 Å². The van der Waals surface area contributed by atoms with Crippen molar-refractivity contribution in [2.24, 2.45) is 0 Å². The van der Waals surface area contributed by atoms with Crippen LogP contribution in [-0.4, -0.2) is 37.5 Å². The summed E-state index contributed by atoms with van der Waals surface area (Å²) in [5, 5.41) is 0. The molecule has 1 aliphatic rings. The molecule has 4 nitrogen and oxygen atoms in total. The van der Waals surface area contributed by atoms with Crippen LogP contribution >= 0.6 is 0 Å². The van der Waals surface area contributed by atoms with Gasteiger partial charge in [-0.3, -0.25) is 0 Å². The minimum atomic E-state index is -0.566. The molecule has 0 unspecified atom stereocenters. The number of halogens is 1. The molecule has 1 aromatic rings. The molecule has 0 saturated carbocycles. The summed E-state index contributed by atoms with van der Waals surface area (Å²) in [5.74, 6) is -0.581. The molecule has 0 aliphatic carbocycles. The van der Waals surface area contributed by atoms with Gasteiger partial charge in [-0.25, -0.2) is 9.37 Å². The fraction of sp³-hybridized carbons (Fsp3) is 0.545. The molecule has 5 heteroatoms. The highest BCUT2D eigenvalue weighted by molar-refractivity contribution is 5.11. The maximum Gasteiger partial charge on any atom is 0.251 e. The second kappa shape index (κ2) is 5.77. The Morgan fingerprint density at radius 2 is 2.50 bits per heavy atom. The number of ether oxygens (including phenoxy) is 3. The van der Waals surface area contributed by atoms with Gasteiger partial charge in [0.05, 0.1) is 32.5 Å². The maximum absolute atomic E-state index is 13.1. The zero-order valence-electron chi connectivity index (χ0n) is 8.82. The van der Waals surface area contributed by atoms with Gasteiger partial charge in [0.2, 0.25) is 0 Å². The molecule has 1 fully saturated rings. The number of hydrogen-bond acceptors (Lipinski definition) is 4. The first-order chi connectivity index (χ1) is 7.86. The van der Waals surface area contributed by atoms with Crippen LogP contribution in [0.25, 0.3) is 0 Å². The molecule has 1 aliphatic heterocycles. The molecule has 2 heterocycles. The summed E-state index contributed by atoms with van der Waals surface area (Å²) < 4.78 is 28.9. The summed E-state index contributed by atoms with van der Waals surface area (Å²) >= 11 is 0. The van der Waals surface area contributed by atoms with E-state index in [2.05, 4.69) is 11.1 Å². The average Bonchev–Trinajstić information content (AvgIpc) is 2.33. The Kier molecular flexibility index (Phi) is 4.07. The number of pyridine rings is 1. The Balaban J connectivity index is 1.73. The van der Waals surface area contributed by atoms with Gasteiger partial charge < -0.3 is 14.2 Å². The van der Waals surface area contributed by atoms with Gasteiger partial charge in [0.15, 0.2) is 5.82 Å². The summed E-state index contributed by atoms with van der Waals surface area (Å²) in [4.78, 5) is 3.76. The van der Waals surface area contributed by atoms with Crippen LogP contribution in [0.1, 0.15) is 6.42 Å². The standard InChI is InChI=1S/C11H13FNO3/c12-10-2-1-4-13-11(10)16-5-3-9-8-14-6-7-15-9/h1,4,9H,3,5-8H2/t9-/m0/s1. The van der Waals surface area contributed by atoms with Crippen LogP contribution in [0.4, 0.5) is 4.39 Å². The SMILES string of the molecule is Fc1[c]ccnc1OCC[C@H]1COCCO1. The molecule has 2 rings (SSSR count). The summed E-state index contributed by atoms with van der Waals surface area (Å²) in [6, 6.07) is 3.78. The van der Waals surface area contributed by atoms with Gasteiger partial charge in [-0.05, 0) is 6.07 Å². The molecular formula is C11H13FNO3. The Labute approximate surface area is 93.3 Å². The van der Waals surface area contributed by atoms with Crippen molar-refractivity contribution < 1.29 is 18.6 Å². The van der Waals surface area contributed by atoms with Crippen LogP contribution in [0.15, 0.2) is 12.3 Å². The van der Waals surface area contributed by atoms with Gasteiger partial charge in [-0.2, -0.15) is 0 Å². The first-order valence-electron chi connectivity index (χ1n) is 5.20. The van der Waals surface area contributed by atoms with E-state index >= 15 is 0 Å². The molecule has 1 aromatic heterocycles. The van der Waals surface area contributed by atoms with Crippen molar-refractivity contribution in [2.45, 2.75) is 12.5 Å². The fourth-order valence-corrected chi connectivity index (χ4v) is 1.42. The van der Waals surface area contributed by atoms with E-state index in [1.165, 1.54) is 12.3 Å². The molecule has 1 saturated heterocycles. The van der Waals surface area contributed by atoms with E-state index in [0.717, 1.165) is 0 Å². The summed E-state index contributed by atoms with van der Waals surface area (Å²) in [7, 11) is 0. The predicted molar refractivity (Wildman–Crippen MR) is 53.7 cm³/mol. The Morgan fingerprint density at radius 3 is 3.25 bits per heavy atom. The highest BCUT2D eigenvalue weighted by atomic mass is 19.1. The molecular weight excluding hydrogens is 213 g/mol. The maximum atomic E-state index is 13.1. The highest BCUT2D eigenvalue weighted by Crippen LogP contribution is 2.12. The van der Waals surface area contributed by atoms with Crippen LogP contribution in [0.3, 0.4) is 0 Å². The fourth-order valence-electron chi connectivity index (χ4n) is 1.42. The van der Waals surface area contributed by atoms with Crippen molar-refractivity contribution >= 4 is 0 Å².